The molecule has 0 aromatic heterocycles. The predicted molar refractivity (Wildman–Crippen MR) is 95.0 cm³/mol. The van der Waals surface area contributed by atoms with Crippen LogP contribution in [-0.2, 0) is 10.2 Å². The highest BCUT2D eigenvalue weighted by Gasteiger charge is 2.46. The van der Waals surface area contributed by atoms with Gasteiger partial charge in [0, 0.05) is 25.8 Å². The highest BCUT2D eigenvalue weighted by molar-refractivity contribution is 7.45. The molecule has 0 unspecified atom stereocenters. The first-order valence-corrected chi connectivity index (χ1v) is 15.2. The van der Waals surface area contributed by atoms with Gasteiger partial charge in [-0.2, -0.15) is 0 Å². The summed E-state index contributed by atoms with van der Waals surface area (Å²) in [7, 11) is -1.04. The van der Waals surface area contributed by atoms with Gasteiger partial charge in [-0.1, -0.05) is 50.9 Å². The van der Waals surface area contributed by atoms with Gasteiger partial charge in [-0.05, 0) is 17.7 Å². The van der Waals surface area contributed by atoms with Crippen LogP contribution in [-0.4, -0.2) is 28.1 Å². The molecule has 1 fully saturated rings. The molecule has 1 aliphatic carbocycles. The van der Waals surface area contributed by atoms with Crippen molar-refractivity contribution in [3.8, 4) is 5.75 Å². The summed E-state index contributed by atoms with van der Waals surface area (Å²) in [4.78, 5) is 11.6. The Kier molecular flexibility index (Phi) is 4.00. The van der Waals surface area contributed by atoms with E-state index in [1.165, 1.54) is 10.8 Å². The van der Waals surface area contributed by atoms with Gasteiger partial charge in [-0.15, -0.1) is 0 Å². The molecule has 0 amide bonds. The first kappa shape index (κ1) is 16.5. The second-order valence-electron chi connectivity index (χ2n) is 8.24. The number of methoxy groups -OCH3 is 1. The van der Waals surface area contributed by atoms with Crippen LogP contribution in [0.2, 0.25) is 32.7 Å². The second kappa shape index (κ2) is 5.09. The van der Waals surface area contributed by atoms with Crippen LogP contribution in [0.3, 0.4) is 0 Å². The number of hydrogen-bond acceptors (Lipinski definition) is 2. The van der Waals surface area contributed by atoms with Crippen LogP contribution in [0.15, 0.2) is 18.2 Å². The number of benzene rings is 1. The van der Waals surface area contributed by atoms with E-state index in [9.17, 15) is 4.79 Å². The molecule has 21 heavy (non-hydrogen) atoms. The van der Waals surface area contributed by atoms with Crippen LogP contribution in [0.4, 0.5) is 0 Å². The van der Waals surface area contributed by atoms with Crippen molar-refractivity contribution in [1.29, 1.82) is 0 Å². The molecule has 0 saturated heterocycles. The number of ether oxygens (including phenoxy) is 1. The minimum atomic E-state index is -1.50. The molecule has 0 bridgehead atoms. The van der Waals surface area contributed by atoms with Crippen molar-refractivity contribution >= 4 is 26.2 Å². The fraction of sp³-hybridized carbons (Fsp3) is 0.588. The summed E-state index contributed by atoms with van der Waals surface area (Å²) in [6, 6.07) is 6.57. The molecule has 1 aliphatic rings. The molecule has 116 valence electrons. The van der Waals surface area contributed by atoms with E-state index in [1.807, 2.05) is 0 Å². The lowest BCUT2D eigenvalue weighted by Gasteiger charge is -2.44. The minimum Gasteiger partial charge on any atom is -0.497 e. The predicted octanol–water partition coefficient (Wildman–Crippen LogP) is 3.65. The number of carbonyl (C=O) groups excluding carboxylic acids is 1. The molecule has 0 heterocycles. The van der Waals surface area contributed by atoms with Gasteiger partial charge in [-0.25, -0.2) is 0 Å². The van der Waals surface area contributed by atoms with Crippen LogP contribution in [0.25, 0.3) is 0 Å². The van der Waals surface area contributed by atoms with E-state index >= 15 is 0 Å². The lowest BCUT2D eigenvalue weighted by molar-refractivity contribution is -0.127. The van der Waals surface area contributed by atoms with E-state index < -0.39 is 15.2 Å². The lowest BCUT2D eigenvalue weighted by Crippen LogP contribution is -2.63. The van der Waals surface area contributed by atoms with Gasteiger partial charge in [0.25, 0.3) is 0 Å². The third-order valence-corrected chi connectivity index (χ3v) is 23.2. The van der Waals surface area contributed by atoms with Crippen LogP contribution in [0, 0.1) is 0 Å². The summed E-state index contributed by atoms with van der Waals surface area (Å²) in [5.74, 6) is 1.30. The lowest BCUT2D eigenvalue weighted by atomic mass is 9.65. The summed E-state index contributed by atoms with van der Waals surface area (Å²) >= 11 is 0. The van der Waals surface area contributed by atoms with Crippen molar-refractivity contribution in [3.63, 3.8) is 0 Å². The van der Waals surface area contributed by atoms with Gasteiger partial charge >= 0.3 is 0 Å². The molecule has 0 spiro atoms. The van der Waals surface area contributed by atoms with Crippen LogP contribution in [0.5, 0.6) is 5.75 Å². The maximum atomic E-state index is 11.6. The van der Waals surface area contributed by atoms with Gasteiger partial charge in [0.2, 0.25) is 0 Å². The summed E-state index contributed by atoms with van der Waals surface area (Å²) in [5, 5.41) is 1.54. The average Bonchev–Trinajstić information content (AvgIpc) is 2.34. The van der Waals surface area contributed by atoms with E-state index in [1.54, 1.807) is 7.11 Å². The van der Waals surface area contributed by atoms with Crippen LogP contribution < -0.4 is 9.92 Å². The maximum Gasteiger partial charge on any atom is 0.134 e. The Bertz CT molecular complexity index is 563. The molecule has 1 saturated carbocycles. The summed E-state index contributed by atoms with van der Waals surface area (Å²) in [6.07, 6.45) is 1.37. The summed E-state index contributed by atoms with van der Waals surface area (Å²) < 4.78 is 5.44. The monoisotopic (exact) mass is 320 g/mol. The number of ketones is 1. The smallest absolute Gasteiger partial charge is 0.134 e. The van der Waals surface area contributed by atoms with Crippen LogP contribution in [0.1, 0.15) is 25.3 Å². The molecule has 0 atom stereocenters. The molecule has 0 aliphatic heterocycles. The van der Waals surface area contributed by atoms with Crippen molar-refractivity contribution in [2.45, 2.75) is 57.9 Å². The number of Topliss-reactive ketones (excluding diaryl/α,β-unsaturated/α-hetero) is 1. The average molecular weight is 321 g/mol. The molecular formula is C17H28O2Si2. The Hall–Kier alpha value is -0.876. The van der Waals surface area contributed by atoms with Gasteiger partial charge in [-0.3, -0.25) is 4.79 Å². The molecule has 0 radical (unpaired) electrons. The minimum absolute atomic E-state index is 0.0187. The van der Waals surface area contributed by atoms with Gasteiger partial charge < -0.3 is 4.74 Å². The molecule has 0 N–H and O–H groups in total. The first-order chi connectivity index (χ1) is 9.51. The standard InChI is InChI=1S/C17H28O2Si2/c1-17(11-13(18)12-17)15-10-14(19-2)8-9-16(15)21(6,7)20(3,4)5/h8-10H,11-12H2,1-7H3. The summed E-state index contributed by atoms with van der Waals surface area (Å²) in [6.45, 7) is 14.6. The molecule has 1 aromatic carbocycles. The topological polar surface area (TPSA) is 26.3 Å². The van der Waals surface area contributed by atoms with Gasteiger partial charge in [0.1, 0.15) is 11.5 Å². The van der Waals surface area contributed by atoms with E-state index in [4.69, 9.17) is 4.74 Å². The third kappa shape index (κ3) is 2.75. The maximum absolute atomic E-state index is 11.6. The largest absolute Gasteiger partial charge is 0.497 e. The van der Waals surface area contributed by atoms with Crippen molar-refractivity contribution in [1.82, 2.24) is 0 Å². The quantitative estimate of drug-likeness (QED) is 0.792. The van der Waals surface area contributed by atoms with Crippen LogP contribution >= 0.6 is 0 Å². The van der Waals surface area contributed by atoms with E-state index in [2.05, 4.69) is 57.9 Å². The highest BCUT2D eigenvalue weighted by atomic mass is 29.3. The van der Waals surface area contributed by atoms with E-state index in [0.717, 1.165) is 5.75 Å². The highest BCUT2D eigenvalue weighted by Crippen LogP contribution is 2.42. The first-order valence-electron chi connectivity index (χ1n) is 7.72. The fourth-order valence-electron chi connectivity index (χ4n) is 3.11. The Morgan fingerprint density at radius 1 is 1.10 bits per heavy atom. The van der Waals surface area contributed by atoms with Crippen molar-refractivity contribution < 1.29 is 9.53 Å². The second-order valence-corrected chi connectivity index (χ2v) is 24.8. The molecule has 1 aromatic rings. The Balaban J connectivity index is 2.59. The fourth-order valence-corrected chi connectivity index (χ4v) is 8.54. The molecule has 2 rings (SSSR count). The molecular weight excluding hydrogens is 292 g/mol. The summed E-state index contributed by atoms with van der Waals surface area (Å²) in [5.41, 5.74) is 1.39. The van der Waals surface area contributed by atoms with Gasteiger partial charge in [0.15, 0.2) is 0 Å². The Morgan fingerprint density at radius 2 is 1.67 bits per heavy atom. The third-order valence-electron chi connectivity index (χ3n) is 5.60. The zero-order valence-electron chi connectivity index (χ0n) is 14.5. The van der Waals surface area contributed by atoms with Crippen molar-refractivity contribution in [2.75, 3.05) is 7.11 Å². The molecule has 4 heteroatoms. The van der Waals surface area contributed by atoms with Gasteiger partial charge in [0.05, 0.1) is 14.7 Å². The van der Waals surface area contributed by atoms with E-state index in [-0.39, 0.29) is 5.41 Å². The number of rotatable bonds is 4. The zero-order chi connectivity index (χ0) is 16.1. The number of carbonyl (C=O) groups is 1. The zero-order valence-corrected chi connectivity index (χ0v) is 16.5. The Labute approximate surface area is 130 Å². The Morgan fingerprint density at radius 3 is 2.10 bits per heavy atom. The van der Waals surface area contributed by atoms with E-state index in [0.29, 0.717) is 18.6 Å². The molecule has 2 nitrogen and oxygen atoms in total. The normalized spacial score (nSPS) is 18.3. The van der Waals surface area contributed by atoms with Crippen molar-refractivity contribution in [2.24, 2.45) is 0 Å². The number of hydrogen-bond donors (Lipinski definition) is 0. The SMILES string of the molecule is COc1ccc([Si](C)(C)[Si](C)(C)C)c(C2(C)CC(=O)C2)c1. The van der Waals surface area contributed by atoms with Crippen molar-refractivity contribution in [3.05, 3.63) is 23.8 Å².